The summed E-state index contributed by atoms with van der Waals surface area (Å²) >= 11 is 0. The molecule has 1 aliphatic rings. The molecule has 1 aromatic carbocycles. The van der Waals surface area contributed by atoms with Gasteiger partial charge in [0.25, 0.3) is 5.56 Å². The van der Waals surface area contributed by atoms with Crippen LogP contribution in [0.2, 0.25) is 0 Å². The van der Waals surface area contributed by atoms with Crippen molar-refractivity contribution in [2.24, 2.45) is 0 Å². The lowest BCUT2D eigenvalue weighted by atomic mass is 10.1. The molecule has 1 fully saturated rings. The Morgan fingerprint density at radius 2 is 1.91 bits per heavy atom. The van der Waals surface area contributed by atoms with Gasteiger partial charge in [-0.3, -0.25) is 9.78 Å². The minimum atomic E-state index is -0.395. The highest BCUT2D eigenvalue weighted by atomic mass is 16.5. The molecule has 2 heterocycles. The zero-order valence-corrected chi connectivity index (χ0v) is 13.0. The summed E-state index contributed by atoms with van der Waals surface area (Å²) < 4.78 is 5.14. The Balaban J connectivity index is 2.07. The summed E-state index contributed by atoms with van der Waals surface area (Å²) in [5.41, 5.74) is 0.788. The first kappa shape index (κ1) is 15.1. The monoisotopic (exact) mass is 310 g/mol. The molecule has 0 aliphatic carbocycles. The van der Waals surface area contributed by atoms with Crippen molar-refractivity contribution in [3.05, 3.63) is 40.2 Å². The van der Waals surface area contributed by atoms with Gasteiger partial charge < -0.3 is 9.64 Å². The van der Waals surface area contributed by atoms with Crippen molar-refractivity contribution in [1.82, 2.24) is 9.97 Å². The molecule has 0 bridgehead atoms. The van der Waals surface area contributed by atoms with E-state index >= 15 is 0 Å². The van der Waals surface area contributed by atoms with Crippen molar-refractivity contribution < 1.29 is 4.74 Å². The Morgan fingerprint density at radius 1 is 1.22 bits per heavy atom. The van der Waals surface area contributed by atoms with Crippen LogP contribution in [0, 0.1) is 11.3 Å². The molecule has 0 radical (unpaired) electrons. The number of H-pyrrole nitrogens is 1. The number of anilines is 1. The number of benzene rings is 1. The Kier molecular flexibility index (Phi) is 4.29. The zero-order chi connectivity index (χ0) is 16.2. The predicted molar refractivity (Wildman–Crippen MR) is 87.6 cm³/mol. The Labute approximate surface area is 134 Å². The normalized spacial score (nSPS) is 14.3. The van der Waals surface area contributed by atoms with E-state index in [1.165, 1.54) is 6.42 Å². The lowest BCUT2D eigenvalue weighted by molar-refractivity contribution is 0.415. The molecule has 0 saturated carbocycles. The molecule has 2 aromatic rings. The van der Waals surface area contributed by atoms with Crippen molar-refractivity contribution in [3.8, 4) is 23.1 Å². The molecular formula is C17H18N4O2. The fourth-order valence-electron chi connectivity index (χ4n) is 2.78. The second-order valence-electron chi connectivity index (χ2n) is 5.50. The average molecular weight is 310 g/mol. The van der Waals surface area contributed by atoms with Crippen LogP contribution in [0.5, 0.6) is 5.75 Å². The lowest BCUT2D eigenvalue weighted by Gasteiger charge is -2.27. The Morgan fingerprint density at radius 3 is 2.52 bits per heavy atom. The van der Waals surface area contributed by atoms with Gasteiger partial charge in [-0.25, -0.2) is 4.98 Å². The fourth-order valence-corrected chi connectivity index (χ4v) is 2.78. The van der Waals surface area contributed by atoms with E-state index in [4.69, 9.17) is 4.74 Å². The van der Waals surface area contributed by atoms with Crippen LogP contribution in [0.4, 0.5) is 5.95 Å². The Hall–Kier alpha value is -2.81. The van der Waals surface area contributed by atoms with Crippen LogP contribution in [0.1, 0.15) is 24.8 Å². The van der Waals surface area contributed by atoms with Crippen molar-refractivity contribution >= 4 is 5.95 Å². The maximum atomic E-state index is 12.3. The lowest BCUT2D eigenvalue weighted by Crippen LogP contribution is -2.33. The molecule has 1 aromatic heterocycles. The standard InChI is InChI=1S/C17H18N4O2/c1-23-13-7-5-12(6-8-13)15-14(11-18)16(22)20-17(19-15)21-9-3-2-4-10-21/h5-8H,2-4,9-10H2,1H3,(H,19,20,22). The number of hydrogen-bond acceptors (Lipinski definition) is 5. The van der Waals surface area contributed by atoms with E-state index in [1.54, 1.807) is 31.4 Å². The number of nitrogens with zero attached hydrogens (tertiary/aromatic N) is 3. The van der Waals surface area contributed by atoms with E-state index < -0.39 is 5.56 Å². The second-order valence-corrected chi connectivity index (χ2v) is 5.50. The molecular weight excluding hydrogens is 292 g/mol. The van der Waals surface area contributed by atoms with Gasteiger partial charge in [-0.2, -0.15) is 5.26 Å². The van der Waals surface area contributed by atoms with Crippen molar-refractivity contribution in [2.75, 3.05) is 25.1 Å². The van der Waals surface area contributed by atoms with E-state index in [9.17, 15) is 10.1 Å². The quantitative estimate of drug-likeness (QED) is 0.940. The number of piperidine rings is 1. The number of nitrogens with one attached hydrogen (secondary N) is 1. The largest absolute Gasteiger partial charge is 0.497 e. The van der Waals surface area contributed by atoms with Gasteiger partial charge in [0, 0.05) is 18.7 Å². The summed E-state index contributed by atoms with van der Waals surface area (Å²) in [4.78, 5) is 21.6. The van der Waals surface area contributed by atoms with Gasteiger partial charge in [-0.15, -0.1) is 0 Å². The summed E-state index contributed by atoms with van der Waals surface area (Å²) in [7, 11) is 1.59. The van der Waals surface area contributed by atoms with Gasteiger partial charge in [0.2, 0.25) is 5.95 Å². The first-order valence-electron chi connectivity index (χ1n) is 7.66. The molecule has 118 valence electrons. The van der Waals surface area contributed by atoms with Crippen LogP contribution in [-0.4, -0.2) is 30.2 Å². The van der Waals surface area contributed by atoms with Crippen LogP contribution in [-0.2, 0) is 0 Å². The predicted octanol–water partition coefficient (Wildman–Crippen LogP) is 2.31. The van der Waals surface area contributed by atoms with Gasteiger partial charge >= 0.3 is 0 Å². The number of hydrogen-bond donors (Lipinski definition) is 1. The van der Waals surface area contributed by atoms with Gasteiger partial charge in [0.1, 0.15) is 17.4 Å². The molecule has 3 rings (SSSR count). The Bertz CT molecular complexity index is 784. The number of aromatic nitrogens is 2. The minimum Gasteiger partial charge on any atom is -0.497 e. The molecule has 0 unspecified atom stereocenters. The van der Waals surface area contributed by atoms with Gasteiger partial charge in [-0.05, 0) is 43.5 Å². The number of aromatic amines is 1. The highest BCUT2D eigenvalue weighted by Crippen LogP contribution is 2.24. The molecule has 0 atom stereocenters. The molecule has 1 saturated heterocycles. The van der Waals surface area contributed by atoms with Crippen LogP contribution in [0.3, 0.4) is 0 Å². The van der Waals surface area contributed by atoms with Crippen LogP contribution >= 0.6 is 0 Å². The van der Waals surface area contributed by atoms with Crippen LogP contribution in [0.15, 0.2) is 29.1 Å². The third-order valence-corrected chi connectivity index (χ3v) is 4.04. The third-order valence-electron chi connectivity index (χ3n) is 4.04. The zero-order valence-electron chi connectivity index (χ0n) is 13.0. The molecule has 6 heteroatoms. The minimum absolute atomic E-state index is 0.0379. The third kappa shape index (κ3) is 3.04. The first-order valence-corrected chi connectivity index (χ1v) is 7.66. The molecule has 23 heavy (non-hydrogen) atoms. The summed E-state index contributed by atoms with van der Waals surface area (Å²) in [5, 5.41) is 9.31. The maximum Gasteiger partial charge on any atom is 0.270 e. The van der Waals surface area contributed by atoms with E-state index in [0.29, 0.717) is 17.4 Å². The van der Waals surface area contributed by atoms with E-state index in [0.717, 1.165) is 31.5 Å². The molecule has 1 N–H and O–H groups in total. The van der Waals surface area contributed by atoms with Crippen LogP contribution < -0.4 is 15.2 Å². The summed E-state index contributed by atoms with van der Waals surface area (Å²) in [6.45, 7) is 1.74. The number of methoxy groups -OCH3 is 1. The first-order chi connectivity index (χ1) is 11.2. The maximum absolute atomic E-state index is 12.3. The van der Waals surface area contributed by atoms with Crippen molar-refractivity contribution in [1.29, 1.82) is 5.26 Å². The van der Waals surface area contributed by atoms with Gasteiger partial charge in [0.05, 0.1) is 12.8 Å². The molecule has 0 amide bonds. The SMILES string of the molecule is COc1ccc(-c2nc(N3CCCCC3)[nH]c(=O)c2C#N)cc1. The molecule has 6 nitrogen and oxygen atoms in total. The van der Waals surface area contributed by atoms with E-state index in [-0.39, 0.29) is 5.56 Å². The number of ether oxygens (including phenoxy) is 1. The second kappa shape index (κ2) is 6.53. The number of nitriles is 1. The highest BCUT2D eigenvalue weighted by Gasteiger charge is 2.18. The van der Waals surface area contributed by atoms with E-state index in [1.807, 2.05) is 6.07 Å². The molecule has 0 spiro atoms. The highest BCUT2D eigenvalue weighted by molar-refractivity contribution is 5.67. The number of rotatable bonds is 3. The molecule has 1 aliphatic heterocycles. The van der Waals surface area contributed by atoms with Crippen molar-refractivity contribution in [3.63, 3.8) is 0 Å². The van der Waals surface area contributed by atoms with Gasteiger partial charge in [0.15, 0.2) is 0 Å². The topological polar surface area (TPSA) is 82.0 Å². The van der Waals surface area contributed by atoms with Crippen LogP contribution in [0.25, 0.3) is 11.3 Å². The smallest absolute Gasteiger partial charge is 0.270 e. The van der Waals surface area contributed by atoms with Gasteiger partial charge in [-0.1, -0.05) is 0 Å². The summed E-state index contributed by atoms with van der Waals surface area (Å²) in [6, 6.07) is 9.16. The fraction of sp³-hybridized carbons (Fsp3) is 0.353. The van der Waals surface area contributed by atoms with E-state index in [2.05, 4.69) is 14.9 Å². The van der Waals surface area contributed by atoms with Crippen molar-refractivity contribution in [2.45, 2.75) is 19.3 Å². The average Bonchev–Trinajstić information content (AvgIpc) is 2.62. The summed E-state index contributed by atoms with van der Waals surface area (Å²) in [5.74, 6) is 1.26. The summed E-state index contributed by atoms with van der Waals surface area (Å²) in [6.07, 6.45) is 3.37.